The Kier molecular flexibility index (Phi) is 2.23. The van der Waals surface area contributed by atoms with Crippen LogP contribution in [-0.2, 0) is 9.59 Å². The summed E-state index contributed by atoms with van der Waals surface area (Å²) in [4.78, 5) is 24.5. The van der Waals surface area contributed by atoms with Crippen molar-refractivity contribution in [2.24, 2.45) is 0 Å². The van der Waals surface area contributed by atoms with Crippen molar-refractivity contribution in [1.29, 1.82) is 0 Å². The van der Waals surface area contributed by atoms with E-state index in [1.807, 2.05) is 0 Å². The van der Waals surface area contributed by atoms with E-state index in [4.69, 9.17) is 0 Å². The molecule has 0 N–H and O–H groups in total. The monoisotopic (exact) mass is 191 g/mol. The summed E-state index contributed by atoms with van der Waals surface area (Å²) in [6.45, 7) is 0. The van der Waals surface area contributed by atoms with E-state index in [-0.39, 0.29) is 11.8 Å². The molecule has 0 unspecified atom stereocenters. The summed E-state index contributed by atoms with van der Waals surface area (Å²) >= 11 is 0. The van der Waals surface area contributed by atoms with Gasteiger partial charge in [0.05, 0.1) is 0 Å². The van der Waals surface area contributed by atoms with Crippen LogP contribution in [0.15, 0.2) is 23.3 Å². The highest BCUT2D eigenvalue weighted by molar-refractivity contribution is 6.19. The number of carbonyl (C=O) groups excluding carboxylic acids is 2. The first-order valence-electron chi connectivity index (χ1n) is 4.91. The van der Waals surface area contributed by atoms with Crippen LogP contribution in [0.25, 0.3) is 0 Å². The lowest BCUT2D eigenvalue weighted by Gasteiger charge is -2.05. The molecule has 0 aromatic heterocycles. The molecule has 3 heteroatoms. The van der Waals surface area contributed by atoms with Crippen LogP contribution in [0.1, 0.15) is 25.7 Å². The second kappa shape index (κ2) is 3.40. The van der Waals surface area contributed by atoms with Gasteiger partial charge in [-0.15, -0.1) is 0 Å². The molecule has 0 spiro atoms. The van der Waals surface area contributed by atoms with Gasteiger partial charge in [-0.2, -0.15) is 0 Å². The van der Waals surface area contributed by atoms with Crippen molar-refractivity contribution in [3.8, 4) is 0 Å². The maximum atomic E-state index is 11.6. The van der Waals surface area contributed by atoms with Crippen LogP contribution >= 0.6 is 0 Å². The summed E-state index contributed by atoms with van der Waals surface area (Å²) < 4.78 is 0. The van der Waals surface area contributed by atoms with Crippen LogP contribution < -0.4 is 0 Å². The number of amides is 2. The normalized spacial score (nSPS) is 24.8. The summed E-state index contributed by atoms with van der Waals surface area (Å²) in [5, 5.41) is 0. The first-order valence-corrected chi connectivity index (χ1v) is 4.91. The van der Waals surface area contributed by atoms with E-state index in [0.717, 1.165) is 24.0 Å². The van der Waals surface area contributed by atoms with Gasteiger partial charge in [-0.3, -0.25) is 14.5 Å². The Hall–Kier alpha value is -1.38. The molecule has 0 aromatic rings. The number of imide groups is 1. The largest absolute Gasteiger partial charge is 0.278 e. The van der Waals surface area contributed by atoms with Crippen molar-refractivity contribution in [2.45, 2.75) is 25.7 Å². The molecule has 0 atom stereocenters. The Morgan fingerprint density at radius 3 is 1.86 bits per heavy atom. The number of hydrogen-bond donors (Lipinski definition) is 0. The predicted molar refractivity (Wildman–Crippen MR) is 52.4 cm³/mol. The number of allylic oxidation sites excluding steroid dienone is 2. The minimum Gasteiger partial charge on any atom is -0.278 e. The number of likely N-dealkylation sites (N-methyl/N-ethyl adjacent to an activating group) is 1. The Morgan fingerprint density at radius 2 is 1.43 bits per heavy atom. The van der Waals surface area contributed by atoms with Crippen molar-refractivity contribution in [2.75, 3.05) is 7.05 Å². The molecule has 2 amide bonds. The molecule has 1 aliphatic carbocycles. The van der Waals surface area contributed by atoms with Crippen LogP contribution in [-0.4, -0.2) is 23.8 Å². The zero-order chi connectivity index (χ0) is 10.1. The molecule has 0 bridgehead atoms. The Morgan fingerprint density at radius 1 is 1.00 bits per heavy atom. The van der Waals surface area contributed by atoms with Gasteiger partial charge in [-0.05, 0) is 25.7 Å². The number of nitrogens with zero attached hydrogens (tertiary/aromatic N) is 1. The average Bonchev–Trinajstić information content (AvgIpc) is 2.31. The summed E-state index contributed by atoms with van der Waals surface area (Å²) in [5.74, 6) is -0.194. The molecule has 1 aliphatic heterocycles. The lowest BCUT2D eigenvalue weighted by atomic mass is 9.98. The van der Waals surface area contributed by atoms with Crippen LogP contribution in [0.2, 0.25) is 0 Å². The zero-order valence-corrected chi connectivity index (χ0v) is 8.25. The molecule has 0 radical (unpaired) electrons. The van der Waals surface area contributed by atoms with Gasteiger partial charge in [0.1, 0.15) is 0 Å². The van der Waals surface area contributed by atoms with Crippen molar-refractivity contribution >= 4 is 11.8 Å². The van der Waals surface area contributed by atoms with Gasteiger partial charge in [-0.1, -0.05) is 12.2 Å². The first kappa shape index (κ1) is 9.19. The highest BCUT2D eigenvalue weighted by atomic mass is 16.2. The number of hydrogen-bond acceptors (Lipinski definition) is 2. The minimum absolute atomic E-state index is 0.0969. The highest BCUT2D eigenvalue weighted by Crippen LogP contribution is 2.28. The molecule has 0 saturated heterocycles. The topological polar surface area (TPSA) is 37.4 Å². The van der Waals surface area contributed by atoms with Gasteiger partial charge < -0.3 is 0 Å². The van der Waals surface area contributed by atoms with Crippen LogP contribution in [0.4, 0.5) is 0 Å². The van der Waals surface area contributed by atoms with E-state index in [2.05, 4.69) is 12.2 Å². The summed E-state index contributed by atoms with van der Waals surface area (Å²) in [6.07, 6.45) is 7.32. The van der Waals surface area contributed by atoms with Gasteiger partial charge in [0.25, 0.3) is 11.8 Å². The fourth-order valence-corrected chi connectivity index (χ4v) is 1.96. The summed E-state index contributed by atoms with van der Waals surface area (Å²) in [5.41, 5.74) is 1.48. The predicted octanol–water partition coefficient (Wildman–Crippen LogP) is 1.41. The quantitative estimate of drug-likeness (QED) is 0.429. The molecule has 74 valence electrons. The molecule has 0 saturated carbocycles. The third kappa shape index (κ3) is 1.29. The Labute approximate surface area is 83.1 Å². The maximum Gasteiger partial charge on any atom is 0.256 e. The van der Waals surface area contributed by atoms with E-state index in [9.17, 15) is 9.59 Å². The molecule has 2 rings (SSSR count). The van der Waals surface area contributed by atoms with Gasteiger partial charge >= 0.3 is 0 Å². The summed E-state index contributed by atoms with van der Waals surface area (Å²) in [7, 11) is 1.56. The van der Waals surface area contributed by atoms with Crippen molar-refractivity contribution in [3.63, 3.8) is 0 Å². The highest BCUT2D eigenvalue weighted by Gasteiger charge is 2.34. The van der Waals surface area contributed by atoms with Crippen LogP contribution in [0, 0.1) is 0 Å². The molecule has 1 heterocycles. The maximum absolute atomic E-state index is 11.6. The van der Waals surface area contributed by atoms with Crippen molar-refractivity contribution < 1.29 is 9.59 Å². The fourth-order valence-electron chi connectivity index (χ4n) is 1.96. The number of rotatable bonds is 0. The summed E-state index contributed by atoms with van der Waals surface area (Å²) in [6, 6.07) is 0. The third-order valence-electron chi connectivity index (χ3n) is 2.78. The lowest BCUT2D eigenvalue weighted by molar-refractivity contribution is -0.136. The van der Waals surface area contributed by atoms with E-state index in [0.29, 0.717) is 12.8 Å². The van der Waals surface area contributed by atoms with Gasteiger partial charge in [0, 0.05) is 18.2 Å². The smallest absolute Gasteiger partial charge is 0.256 e. The average molecular weight is 191 g/mol. The Balaban J connectivity index is 2.33. The molecule has 2 aliphatic rings. The van der Waals surface area contributed by atoms with Gasteiger partial charge in [0.2, 0.25) is 0 Å². The second-order valence-electron chi connectivity index (χ2n) is 3.68. The van der Waals surface area contributed by atoms with Crippen molar-refractivity contribution in [1.82, 2.24) is 4.90 Å². The van der Waals surface area contributed by atoms with Gasteiger partial charge in [0.15, 0.2) is 0 Å². The third-order valence-corrected chi connectivity index (χ3v) is 2.78. The molecular formula is C11H13NO2. The molecule has 0 aromatic carbocycles. The molecular weight excluding hydrogens is 178 g/mol. The fraction of sp³-hybridized carbons (Fsp3) is 0.455. The second-order valence-corrected chi connectivity index (χ2v) is 3.68. The lowest BCUT2D eigenvalue weighted by Crippen LogP contribution is -2.26. The standard InChI is InChI=1S/C11H13NO2/c1-12-10(13)8-6-4-2-3-5-7-9(8)11(12)14/h2-3H,4-7H2,1H3/b3-2+. The zero-order valence-electron chi connectivity index (χ0n) is 8.25. The van der Waals surface area contributed by atoms with E-state index in [1.54, 1.807) is 7.05 Å². The Bertz CT molecular complexity index is 320. The van der Waals surface area contributed by atoms with E-state index >= 15 is 0 Å². The van der Waals surface area contributed by atoms with Crippen LogP contribution in [0.5, 0.6) is 0 Å². The molecule has 3 nitrogen and oxygen atoms in total. The molecule has 14 heavy (non-hydrogen) atoms. The van der Waals surface area contributed by atoms with E-state index in [1.165, 1.54) is 4.90 Å². The minimum atomic E-state index is -0.0969. The SMILES string of the molecule is CN1C(=O)C2=C(CC/C=C/CC2)C1=O. The van der Waals surface area contributed by atoms with E-state index < -0.39 is 0 Å². The van der Waals surface area contributed by atoms with Crippen LogP contribution in [0.3, 0.4) is 0 Å². The number of carbonyl (C=O) groups is 2. The van der Waals surface area contributed by atoms with Crippen molar-refractivity contribution in [3.05, 3.63) is 23.3 Å². The molecule has 0 fully saturated rings. The first-order chi connectivity index (χ1) is 6.72. The van der Waals surface area contributed by atoms with Gasteiger partial charge in [-0.25, -0.2) is 0 Å².